The predicted octanol–water partition coefficient (Wildman–Crippen LogP) is 5.75. The molecule has 1 aliphatic heterocycles. The molecule has 3 aromatic rings. The van der Waals surface area contributed by atoms with E-state index in [1.165, 1.54) is 23.9 Å². The highest BCUT2D eigenvalue weighted by Gasteiger charge is 2.16. The summed E-state index contributed by atoms with van der Waals surface area (Å²) in [7, 11) is 0. The van der Waals surface area contributed by atoms with Gasteiger partial charge in [-0.1, -0.05) is 54.6 Å². The minimum atomic E-state index is -0.454. The second-order valence-corrected chi connectivity index (χ2v) is 7.46. The molecule has 6 heteroatoms. The maximum Gasteiger partial charge on any atom is 0.234 e. The molecule has 29 heavy (non-hydrogen) atoms. The summed E-state index contributed by atoms with van der Waals surface area (Å²) in [6, 6.07) is 23.7. The second kappa shape index (κ2) is 8.84. The Morgan fingerprint density at radius 1 is 0.897 bits per heavy atom. The van der Waals surface area contributed by atoms with Gasteiger partial charge in [-0.15, -0.1) is 11.8 Å². The Kier molecular flexibility index (Phi) is 5.81. The first-order valence-electron chi connectivity index (χ1n) is 9.16. The number of nitrogens with zero attached hydrogens (tertiary/aromatic N) is 2. The van der Waals surface area contributed by atoms with Gasteiger partial charge in [0.15, 0.2) is 0 Å². The average Bonchev–Trinajstić information content (AvgIpc) is 2.94. The SMILES string of the molecule is O=C(CSC1=Nc2ccccc2N=C(c2ccccc2)C1)Nc1ccccc1F. The molecule has 4 nitrogen and oxygen atoms in total. The number of thioether (sulfide) groups is 1. The topological polar surface area (TPSA) is 53.8 Å². The van der Waals surface area contributed by atoms with Gasteiger partial charge in [0.1, 0.15) is 5.82 Å². The molecule has 1 N–H and O–H groups in total. The molecule has 144 valence electrons. The monoisotopic (exact) mass is 403 g/mol. The van der Waals surface area contributed by atoms with Gasteiger partial charge in [-0.3, -0.25) is 9.79 Å². The van der Waals surface area contributed by atoms with E-state index < -0.39 is 5.82 Å². The van der Waals surface area contributed by atoms with Crippen molar-refractivity contribution in [3.05, 3.63) is 90.2 Å². The van der Waals surface area contributed by atoms with Crippen molar-refractivity contribution in [2.75, 3.05) is 11.1 Å². The third kappa shape index (κ3) is 4.78. The van der Waals surface area contributed by atoms with E-state index in [1.807, 2.05) is 54.6 Å². The van der Waals surface area contributed by atoms with Crippen molar-refractivity contribution >= 4 is 45.5 Å². The van der Waals surface area contributed by atoms with Crippen molar-refractivity contribution in [2.45, 2.75) is 6.42 Å². The highest BCUT2D eigenvalue weighted by Crippen LogP contribution is 2.33. The summed E-state index contributed by atoms with van der Waals surface area (Å²) in [6.07, 6.45) is 0.524. The number of halogens is 1. The van der Waals surface area contributed by atoms with Crippen LogP contribution in [0.3, 0.4) is 0 Å². The lowest BCUT2D eigenvalue weighted by Gasteiger charge is -2.08. The van der Waals surface area contributed by atoms with Crippen molar-refractivity contribution in [3.8, 4) is 0 Å². The van der Waals surface area contributed by atoms with Crippen LogP contribution in [0.25, 0.3) is 0 Å². The molecule has 0 spiro atoms. The van der Waals surface area contributed by atoms with Gasteiger partial charge < -0.3 is 5.32 Å². The van der Waals surface area contributed by atoms with Crippen molar-refractivity contribution in [1.29, 1.82) is 0 Å². The number of carbonyl (C=O) groups is 1. The van der Waals surface area contributed by atoms with Crippen LogP contribution in [0.2, 0.25) is 0 Å². The number of hydrogen-bond donors (Lipinski definition) is 1. The molecular formula is C23H18FN3OS. The zero-order valence-corrected chi connectivity index (χ0v) is 16.3. The first kappa shape index (κ1) is 19.1. The Morgan fingerprint density at radius 2 is 1.55 bits per heavy atom. The third-order valence-corrected chi connectivity index (χ3v) is 5.30. The maximum atomic E-state index is 13.7. The minimum Gasteiger partial charge on any atom is -0.323 e. The quantitative estimate of drug-likeness (QED) is 0.603. The van der Waals surface area contributed by atoms with Crippen LogP contribution in [-0.2, 0) is 4.79 Å². The molecule has 0 aromatic heterocycles. The number of hydrogen-bond acceptors (Lipinski definition) is 4. The molecule has 0 atom stereocenters. The lowest BCUT2D eigenvalue weighted by molar-refractivity contribution is -0.113. The van der Waals surface area contributed by atoms with E-state index in [0.717, 1.165) is 27.7 Å². The van der Waals surface area contributed by atoms with Crippen molar-refractivity contribution in [1.82, 2.24) is 0 Å². The number of para-hydroxylation sites is 3. The van der Waals surface area contributed by atoms with Crippen LogP contribution in [0.5, 0.6) is 0 Å². The van der Waals surface area contributed by atoms with Crippen LogP contribution < -0.4 is 5.32 Å². The number of nitrogens with one attached hydrogen (secondary N) is 1. The summed E-state index contributed by atoms with van der Waals surface area (Å²) < 4.78 is 13.7. The minimum absolute atomic E-state index is 0.136. The second-order valence-electron chi connectivity index (χ2n) is 6.41. The van der Waals surface area contributed by atoms with Crippen LogP contribution in [-0.4, -0.2) is 22.4 Å². The van der Waals surface area contributed by atoms with Gasteiger partial charge in [-0.25, -0.2) is 9.38 Å². The first-order valence-corrected chi connectivity index (χ1v) is 10.1. The highest BCUT2D eigenvalue weighted by atomic mass is 32.2. The van der Waals surface area contributed by atoms with Gasteiger partial charge >= 0.3 is 0 Å². The molecule has 0 saturated carbocycles. The van der Waals surface area contributed by atoms with E-state index in [1.54, 1.807) is 12.1 Å². The largest absolute Gasteiger partial charge is 0.323 e. The lowest BCUT2D eigenvalue weighted by atomic mass is 10.1. The fourth-order valence-electron chi connectivity index (χ4n) is 2.93. The van der Waals surface area contributed by atoms with Gasteiger partial charge in [-0.2, -0.15) is 0 Å². The zero-order chi connectivity index (χ0) is 20.1. The fourth-order valence-corrected chi connectivity index (χ4v) is 3.71. The van der Waals surface area contributed by atoms with E-state index in [4.69, 9.17) is 9.98 Å². The van der Waals surface area contributed by atoms with Gasteiger partial charge in [0.2, 0.25) is 5.91 Å². The molecule has 0 bridgehead atoms. The number of rotatable bonds is 4. The molecule has 0 radical (unpaired) electrons. The van der Waals surface area contributed by atoms with Gasteiger partial charge in [0, 0.05) is 6.42 Å². The summed E-state index contributed by atoms with van der Waals surface area (Å²) in [4.78, 5) is 21.8. The third-order valence-electron chi connectivity index (χ3n) is 4.33. The van der Waals surface area contributed by atoms with Crippen LogP contribution in [0, 0.1) is 5.82 Å². The molecule has 1 amide bonds. The standard InChI is InChI=1S/C23H18FN3OS/c24-17-10-4-5-11-18(17)26-22(28)15-29-23-14-21(16-8-2-1-3-9-16)25-19-12-6-7-13-20(19)27-23/h1-13H,14-15H2,(H,26,28). The number of fused-ring (bicyclic) bond motifs is 1. The fraction of sp³-hybridized carbons (Fsp3) is 0.0870. The molecule has 1 aliphatic rings. The van der Waals surface area contributed by atoms with Crippen molar-refractivity contribution in [3.63, 3.8) is 0 Å². The lowest BCUT2D eigenvalue weighted by Crippen LogP contribution is -2.17. The molecule has 4 rings (SSSR count). The van der Waals surface area contributed by atoms with Crippen LogP contribution >= 0.6 is 11.8 Å². The molecule has 1 heterocycles. The van der Waals surface area contributed by atoms with Crippen molar-refractivity contribution in [2.24, 2.45) is 9.98 Å². The molecule has 0 fully saturated rings. The summed E-state index contributed by atoms with van der Waals surface area (Å²) >= 11 is 1.34. The number of amides is 1. The molecule has 0 saturated heterocycles. The summed E-state index contributed by atoms with van der Waals surface area (Å²) in [5.41, 5.74) is 3.68. The Hall–Kier alpha value is -3.25. The van der Waals surface area contributed by atoms with Crippen LogP contribution in [0.15, 0.2) is 88.8 Å². The maximum absolute atomic E-state index is 13.7. The Balaban J connectivity index is 1.52. The Labute approximate surface area is 172 Å². The number of carbonyl (C=O) groups excluding carboxylic acids is 1. The van der Waals surface area contributed by atoms with E-state index >= 15 is 0 Å². The van der Waals surface area contributed by atoms with Crippen LogP contribution in [0.4, 0.5) is 21.5 Å². The molecule has 0 aliphatic carbocycles. The Bertz CT molecular complexity index is 1100. The Morgan fingerprint density at radius 3 is 2.31 bits per heavy atom. The average molecular weight is 403 g/mol. The first-order chi connectivity index (χ1) is 14.2. The van der Waals surface area contributed by atoms with Gasteiger partial charge in [0.05, 0.1) is 33.6 Å². The molecular weight excluding hydrogens is 385 g/mol. The van der Waals surface area contributed by atoms with Gasteiger partial charge in [-0.05, 0) is 29.8 Å². The van der Waals surface area contributed by atoms with E-state index in [-0.39, 0.29) is 17.3 Å². The molecule has 3 aromatic carbocycles. The zero-order valence-electron chi connectivity index (χ0n) is 15.5. The smallest absolute Gasteiger partial charge is 0.234 e. The van der Waals surface area contributed by atoms with Crippen molar-refractivity contribution < 1.29 is 9.18 Å². The number of anilines is 1. The van der Waals surface area contributed by atoms with E-state index in [0.29, 0.717) is 6.42 Å². The number of benzene rings is 3. The predicted molar refractivity (Wildman–Crippen MR) is 118 cm³/mol. The summed E-state index contributed by atoms with van der Waals surface area (Å²) in [6.45, 7) is 0. The van der Waals surface area contributed by atoms with E-state index in [2.05, 4.69) is 5.32 Å². The normalized spacial score (nSPS) is 13.0. The molecule has 0 unspecified atom stereocenters. The van der Waals surface area contributed by atoms with Gasteiger partial charge in [0.25, 0.3) is 0 Å². The van der Waals surface area contributed by atoms with E-state index in [9.17, 15) is 9.18 Å². The highest BCUT2D eigenvalue weighted by molar-refractivity contribution is 8.14. The van der Waals surface area contributed by atoms with Crippen LogP contribution in [0.1, 0.15) is 12.0 Å². The number of aliphatic imine (C=N–C) groups is 2. The summed E-state index contributed by atoms with van der Waals surface area (Å²) in [5, 5.41) is 3.40. The summed E-state index contributed by atoms with van der Waals surface area (Å²) in [5.74, 6) is -0.596.